The van der Waals surface area contributed by atoms with Crippen molar-refractivity contribution in [1.82, 2.24) is 0 Å². The second kappa shape index (κ2) is 4.96. The maximum atomic E-state index is 11.3. The molecule has 0 amide bonds. The van der Waals surface area contributed by atoms with Crippen LogP contribution in [0.15, 0.2) is 18.2 Å². The van der Waals surface area contributed by atoms with Crippen LogP contribution in [0.1, 0.15) is 22.8 Å². The van der Waals surface area contributed by atoms with Gasteiger partial charge in [0, 0.05) is 3.57 Å². The smallest absolute Gasteiger partial charge is 0.338 e. The number of carbonyl (C=O) groups excluding carboxylic acids is 1. The molecule has 1 aromatic carbocycles. The molecule has 0 aliphatic rings. The van der Waals surface area contributed by atoms with E-state index >= 15 is 0 Å². The lowest BCUT2D eigenvalue weighted by atomic mass is 10.1. The van der Waals surface area contributed by atoms with Crippen molar-refractivity contribution >= 4 is 28.6 Å². The highest BCUT2D eigenvalue weighted by Crippen LogP contribution is 2.12. The molecular weight excluding hydrogens is 293 g/mol. The highest BCUT2D eigenvalue weighted by molar-refractivity contribution is 14.1. The number of ether oxygens (including phenoxy) is 1. The number of esters is 1. The third-order valence-corrected chi connectivity index (χ3v) is 2.16. The lowest BCUT2D eigenvalue weighted by molar-refractivity contribution is 0.0526. The first-order chi connectivity index (χ1) is 6.67. The van der Waals surface area contributed by atoms with Crippen molar-refractivity contribution < 1.29 is 9.53 Å². The topological polar surface area (TPSA) is 50.1 Å². The van der Waals surface area contributed by atoms with Crippen molar-refractivity contribution in [3.05, 3.63) is 32.9 Å². The van der Waals surface area contributed by atoms with Gasteiger partial charge in [0.05, 0.1) is 23.8 Å². The number of nitrogens with zero attached hydrogens (tertiary/aromatic N) is 1. The molecule has 0 bridgehead atoms. The van der Waals surface area contributed by atoms with E-state index in [9.17, 15) is 4.79 Å². The fraction of sp³-hybridized carbons (Fsp3) is 0.200. The number of benzene rings is 1. The summed E-state index contributed by atoms with van der Waals surface area (Å²) in [6.07, 6.45) is 0. The molecule has 0 heterocycles. The Balaban J connectivity index is 3.04. The van der Waals surface area contributed by atoms with E-state index in [1.807, 2.05) is 6.07 Å². The fourth-order valence-corrected chi connectivity index (χ4v) is 1.66. The molecule has 1 rings (SSSR count). The number of hydrogen-bond acceptors (Lipinski definition) is 3. The number of halogens is 1. The second-order valence-electron chi connectivity index (χ2n) is 2.56. The zero-order valence-electron chi connectivity index (χ0n) is 7.58. The first kappa shape index (κ1) is 11.0. The van der Waals surface area contributed by atoms with Crippen molar-refractivity contribution in [2.45, 2.75) is 6.92 Å². The Bertz CT molecular complexity index is 396. The number of carbonyl (C=O) groups is 1. The molecule has 0 spiro atoms. The predicted octanol–water partition coefficient (Wildman–Crippen LogP) is 2.34. The van der Waals surface area contributed by atoms with Crippen LogP contribution in [0, 0.1) is 14.9 Å². The van der Waals surface area contributed by atoms with Crippen LogP contribution in [0.2, 0.25) is 0 Å². The van der Waals surface area contributed by atoms with Crippen LogP contribution in [0.4, 0.5) is 0 Å². The monoisotopic (exact) mass is 301 g/mol. The molecule has 0 saturated heterocycles. The van der Waals surface area contributed by atoms with Crippen LogP contribution in [-0.4, -0.2) is 12.6 Å². The zero-order valence-corrected chi connectivity index (χ0v) is 9.74. The van der Waals surface area contributed by atoms with E-state index in [-0.39, 0.29) is 5.97 Å². The van der Waals surface area contributed by atoms with Gasteiger partial charge in [0.1, 0.15) is 0 Å². The molecule has 0 saturated carbocycles. The fourth-order valence-electron chi connectivity index (χ4n) is 0.986. The van der Waals surface area contributed by atoms with E-state index in [0.717, 1.165) is 3.57 Å². The summed E-state index contributed by atoms with van der Waals surface area (Å²) in [6.45, 7) is 2.09. The molecule has 0 atom stereocenters. The van der Waals surface area contributed by atoms with Crippen LogP contribution in [0.3, 0.4) is 0 Å². The predicted molar refractivity (Wildman–Crippen MR) is 59.8 cm³/mol. The van der Waals surface area contributed by atoms with Crippen LogP contribution >= 0.6 is 22.6 Å². The van der Waals surface area contributed by atoms with Crippen LogP contribution in [0.5, 0.6) is 0 Å². The number of rotatable bonds is 2. The summed E-state index contributed by atoms with van der Waals surface area (Å²) in [5.41, 5.74) is 0.898. The largest absolute Gasteiger partial charge is 0.462 e. The van der Waals surface area contributed by atoms with Gasteiger partial charge in [0.2, 0.25) is 0 Å². The Morgan fingerprint density at radius 2 is 2.29 bits per heavy atom. The molecule has 0 radical (unpaired) electrons. The quantitative estimate of drug-likeness (QED) is 0.622. The van der Waals surface area contributed by atoms with Gasteiger partial charge >= 0.3 is 5.97 Å². The number of nitriles is 1. The molecule has 1 aromatic rings. The van der Waals surface area contributed by atoms with Gasteiger partial charge in [0.15, 0.2) is 0 Å². The summed E-state index contributed by atoms with van der Waals surface area (Å²) >= 11 is 2.06. The molecule has 0 aromatic heterocycles. The Morgan fingerprint density at radius 3 is 2.86 bits per heavy atom. The average Bonchev–Trinajstić information content (AvgIpc) is 2.17. The summed E-state index contributed by atoms with van der Waals surface area (Å²) in [5.74, 6) is -0.387. The summed E-state index contributed by atoms with van der Waals surface area (Å²) in [6, 6.07) is 6.93. The molecule has 0 aliphatic heterocycles. The van der Waals surface area contributed by atoms with Crippen molar-refractivity contribution in [3.63, 3.8) is 0 Å². The molecule has 0 unspecified atom stereocenters. The molecule has 0 N–H and O–H groups in total. The van der Waals surface area contributed by atoms with Gasteiger partial charge in [-0.25, -0.2) is 4.79 Å². The normalized spacial score (nSPS) is 9.21. The second-order valence-corrected chi connectivity index (χ2v) is 3.81. The van der Waals surface area contributed by atoms with E-state index in [0.29, 0.717) is 17.7 Å². The van der Waals surface area contributed by atoms with Crippen molar-refractivity contribution in [1.29, 1.82) is 5.26 Å². The maximum Gasteiger partial charge on any atom is 0.338 e. The average molecular weight is 301 g/mol. The Labute approximate surface area is 95.8 Å². The van der Waals surface area contributed by atoms with Crippen LogP contribution in [-0.2, 0) is 4.74 Å². The molecular formula is C10H8INO2. The van der Waals surface area contributed by atoms with Gasteiger partial charge < -0.3 is 4.74 Å². The molecule has 4 heteroatoms. The lowest BCUT2D eigenvalue weighted by Gasteiger charge is -2.02. The Morgan fingerprint density at radius 1 is 1.57 bits per heavy atom. The number of hydrogen-bond donors (Lipinski definition) is 0. The first-order valence-electron chi connectivity index (χ1n) is 4.05. The zero-order chi connectivity index (χ0) is 10.6. The third-order valence-electron chi connectivity index (χ3n) is 1.54. The van der Waals surface area contributed by atoms with E-state index in [1.54, 1.807) is 19.1 Å². The Hall–Kier alpha value is -1.09. The third kappa shape index (κ3) is 2.70. The van der Waals surface area contributed by atoms with Gasteiger partial charge in [-0.15, -0.1) is 0 Å². The van der Waals surface area contributed by atoms with Crippen molar-refractivity contribution in [3.8, 4) is 6.07 Å². The van der Waals surface area contributed by atoms with E-state index in [1.165, 1.54) is 6.07 Å². The first-order valence-corrected chi connectivity index (χ1v) is 5.13. The standard InChI is InChI=1S/C10H8INO2/c1-2-14-10(13)8-3-7(6-12)4-9(11)5-8/h3-5H,2H2,1H3. The van der Waals surface area contributed by atoms with E-state index in [4.69, 9.17) is 10.00 Å². The minimum atomic E-state index is -0.387. The van der Waals surface area contributed by atoms with E-state index in [2.05, 4.69) is 22.6 Å². The summed E-state index contributed by atoms with van der Waals surface area (Å²) in [5, 5.41) is 8.69. The van der Waals surface area contributed by atoms with Crippen LogP contribution in [0.25, 0.3) is 0 Å². The van der Waals surface area contributed by atoms with Crippen molar-refractivity contribution in [2.75, 3.05) is 6.61 Å². The minimum Gasteiger partial charge on any atom is -0.462 e. The van der Waals surface area contributed by atoms with E-state index < -0.39 is 0 Å². The summed E-state index contributed by atoms with van der Waals surface area (Å²) in [4.78, 5) is 11.3. The minimum absolute atomic E-state index is 0.339. The summed E-state index contributed by atoms with van der Waals surface area (Å²) < 4.78 is 5.68. The van der Waals surface area contributed by atoms with Crippen LogP contribution < -0.4 is 0 Å². The highest BCUT2D eigenvalue weighted by atomic mass is 127. The van der Waals surface area contributed by atoms with Gasteiger partial charge in [-0.2, -0.15) is 5.26 Å². The molecule has 0 fully saturated rings. The Kier molecular flexibility index (Phi) is 3.89. The SMILES string of the molecule is CCOC(=O)c1cc(I)cc(C#N)c1. The maximum absolute atomic E-state index is 11.3. The molecule has 3 nitrogen and oxygen atoms in total. The molecule has 14 heavy (non-hydrogen) atoms. The van der Waals surface area contributed by atoms with Gasteiger partial charge in [-0.1, -0.05) is 0 Å². The van der Waals surface area contributed by atoms with Crippen molar-refractivity contribution in [2.24, 2.45) is 0 Å². The highest BCUT2D eigenvalue weighted by Gasteiger charge is 2.08. The van der Waals surface area contributed by atoms with Gasteiger partial charge in [-0.05, 0) is 47.7 Å². The lowest BCUT2D eigenvalue weighted by Crippen LogP contribution is -2.05. The molecule has 0 aliphatic carbocycles. The van der Waals surface area contributed by atoms with Gasteiger partial charge in [0.25, 0.3) is 0 Å². The molecule has 72 valence electrons. The van der Waals surface area contributed by atoms with Gasteiger partial charge in [-0.3, -0.25) is 0 Å². The summed E-state index contributed by atoms with van der Waals surface area (Å²) in [7, 11) is 0.